The van der Waals surface area contributed by atoms with E-state index in [-0.39, 0.29) is 44.3 Å². The van der Waals surface area contributed by atoms with Gasteiger partial charge in [-0.2, -0.15) is 0 Å². The van der Waals surface area contributed by atoms with Crippen molar-refractivity contribution in [2.24, 2.45) is 0 Å². The minimum Gasteiger partial charge on any atom is -0.395 e. The number of likely N-dealkylation sites (N-methyl/N-ethyl adjacent to an activating group) is 2. The van der Waals surface area contributed by atoms with E-state index >= 15 is 0 Å². The van der Waals surface area contributed by atoms with Crippen LogP contribution in [0.15, 0.2) is 18.2 Å². The summed E-state index contributed by atoms with van der Waals surface area (Å²) in [5.41, 5.74) is 1.00. The van der Waals surface area contributed by atoms with Gasteiger partial charge in [0.2, 0.25) is 18.2 Å². The van der Waals surface area contributed by atoms with E-state index in [9.17, 15) is 24.3 Å². The van der Waals surface area contributed by atoms with Crippen molar-refractivity contribution in [2.45, 2.75) is 38.8 Å². The largest absolute Gasteiger partial charge is 0.395 e. The van der Waals surface area contributed by atoms with Crippen molar-refractivity contribution in [2.75, 3.05) is 33.3 Å². The minimum atomic E-state index is -1.49. The first-order chi connectivity index (χ1) is 14.3. The molecule has 1 aromatic rings. The standard InChI is InChI=1S/C21H30N4O5/c1-4-15-6-7-16-12-25(19(29)17(16)10-15)13-21(22-3,20(30)23-14-27)11-18(28)24(5-2)8-9-26/h6-7,10,14,22,26H,4-5,8-9,11-13H2,1-3H3,(H,23,27,30). The number of carbonyl (C=O) groups is 4. The Labute approximate surface area is 176 Å². The van der Waals surface area contributed by atoms with Crippen molar-refractivity contribution < 1.29 is 24.3 Å². The molecule has 0 saturated carbocycles. The van der Waals surface area contributed by atoms with Gasteiger partial charge < -0.3 is 20.2 Å². The first-order valence-electron chi connectivity index (χ1n) is 10.1. The Hall–Kier alpha value is -2.78. The molecule has 9 nitrogen and oxygen atoms in total. The van der Waals surface area contributed by atoms with Crippen LogP contribution in [0.4, 0.5) is 0 Å². The van der Waals surface area contributed by atoms with Crippen molar-refractivity contribution in [3.63, 3.8) is 0 Å². The second-order valence-corrected chi connectivity index (χ2v) is 7.30. The Morgan fingerprint density at radius 1 is 1.33 bits per heavy atom. The Kier molecular flexibility index (Phi) is 8.08. The van der Waals surface area contributed by atoms with E-state index in [0.29, 0.717) is 18.7 Å². The number of aliphatic hydroxyl groups excluding tert-OH is 1. The van der Waals surface area contributed by atoms with Crippen LogP contribution in [-0.2, 0) is 27.3 Å². The van der Waals surface area contributed by atoms with Gasteiger partial charge in [-0.3, -0.25) is 24.5 Å². The third kappa shape index (κ3) is 4.85. The molecule has 1 aliphatic heterocycles. The molecule has 1 heterocycles. The molecule has 0 radical (unpaired) electrons. The second kappa shape index (κ2) is 10.3. The molecule has 0 aliphatic carbocycles. The maximum absolute atomic E-state index is 13.0. The predicted octanol–water partition coefficient (Wildman–Crippen LogP) is -0.333. The van der Waals surface area contributed by atoms with Gasteiger partial charge in [-0.05, 0) is 37.6 Å². The fourth-order valence-electron chi connectivity index (χ4n) is 3.71. The Morgan fingerprint density at radius 2 is 2.07 bits per heavy atom. The van der Waals surface area contributed by atoms with E-state index in [0.717, 1.165) is 17.5 Å². The summed E-state index contributed by atoms with van der Waals surface area (Å²) in [7, 11) is 1.52. The lowest BCUT2D eigenvalue weighted by Gasteiger charge is -2.36. The number of hydrogen-bond acceptors (Lipinski definition) is 6. The molecule has 0 bridgehead atoms. The summed E-state index contributed by atoms with van der Waals surface area (Å²) in [5, 5.41) is 14.2. The predicted molar refractivity (Wildman–Crippen MR) is 111 cm³/mol. The number of nitrogens with zero attached hydrogens (tertiary/aromatic N) is 2. The first kappa shape index (κ1) is 23.5. The van der Waals surface area contributed by atoms with Crippen molar-refractivity contribution in [1.82, 2.24) is 20.4 Å². The molecule has 0 fully saturated rings. The van der Waals surface area contributed by atoms with Gasteiger partial charge in [-0.1, -0.05) is 19.1 Å². The van der Waals surface area contributed by atoms with Crippen LogP contribution in [0.2, 0.25) is 0 Å². The fraction of sp³-hybridized carbons (Fsp3) is 0.524. The highest BCUT2D eigenvalue weighted by molar-refractivity contribution is 6.01. The first-order valence-corrected chi connectivity index (χ1v) is 10.1. The number of benzene rings is 1. The highest BCUT2D eigenvalue weighted by Gasteiger charge is 2.44. The molecule has 1 aromatic carbocycles. The molecule has 3 N–H and O–H groups in total. The molecule has 0 spiro atoms. The SMILES string of the molecule is CCc1ccc2c(c1)C(=O)N(CC(CC(=O)N(CC)CCO)(NC)C(=O)NC=O)C2. The number of hydrogen-bond donors (Lipinski definition) is 3. The number of carbonyl (C=O) groups excluding carboxylic acids is 4. The molecular weight excluding hydrogens is 388 g/mol. The zero-order chi connectivity index (χ0) is 22.3. The smallest absolute Gasteiger partial charge is 0.254 e. The molecule has 1 atom stereocenters. The highest BCUT2D eigenvalue weighted by Crippen LogP contribution is 2.27. The molecule has 0 saturated heterocycles. The van der Waals surface area contributed by atoms with E-state index in [1.165, 1.54) is 16.8 Å². The van der Waals surface area contributed by atoms with Gasteiger partial charge in [0, 0.05) is 31.7 Å². The zero-order valence-electron chi connectivity index (χ0n) is 17.7. The van der Waals surface area contributed by atoms with E-state index < -0.39 is 11.4 Å². The maximum Gasteiger partial charge on any atom is 0.254 e. The fourth-order valence-corrected chi connectivity index (χ4v) is 3.71. The lowest BCUT2D eigenvalue weighted by atomic mass is 9.92. The average molecular weight is 418 g/mol. The Bertz CT molecular complexity index is 813. The highest BCUT2D eigenvalue weighted by atomic mass is 16.3. The number of imide groups is 1. The molecular formula is C21H30N4O5. The number of nitrogens with one attached hydrogen (secondary N) is 2. The van der Waals surface area contributed by atoms with E-state index in [1.54, 1.807) is 6.92 Å². The molecule has 1 aliphatic rings. The average Bonchev–Trinajstić information content (AvgIpc) is 3.05. The van der Waals surface area contributed by atoms with Gasteiger partial charge in [0.1, 0.15) is 5.54 Å². The van der Waals surface area contributed by atoms with Gasteiger partial charge >= 0.3 is 0 Å². The third-order valence-electron chi connectivity index (χ3n) is 5.58. The van der Waals surface area contributed by atoms with Crippen molar-refractivity contribution >= 4 is 24.1 Å². The summed E-state index contributed by atoms with van der Waals surface area (Å²) in [5.74, 6) is -1.26. The number of aliphatic hydroxyl groups is 1. The normalized spacial score (nSPS) is 14.8. The lowest BCUT2D eigenvalue weighted by Crippen LogP contribution is -2.63. The van der Waals surface area contributed by atoms with Gasteiger partial charge in [0.05, 0.1) is 13.0 Å². The summed E-state index contributed by atoms with van der Waals surface area (Å²) in [6.45, 7) is 4.31. The molecule has 2 rings (SSSR count). The van der Waals surface area contributed by atoms with Crippen LogP contribution in [0.3, 0.4) is 0 Å². The van der Waals surface area contributed by atoms with Crippen LogP contribution in [-0.4, -0.2) is 77.9 Å². The van der Waals surface area contributed by atoms with E-state index in [4.69, 9.17) is 0 Å². The van der Waals surface area contributed by atoms with Gasteiger partial charge in [0.15, 0.2) is 0 Å². The van der Waals surface area contributed by atoms with E-state index in [1.807, 2.05) is 25.1 Å². The molecule has 0 aromatic heterocycles. The molecule has 164 valence electrons. The number of fused-ring (bicyclic) bond motifs is 1. The van der Waals surface area contributed by atoms with Crippen molar-refractivity contribution in [3.05, 3.63) is 34.9 Å². The van der Waals surface area contributed by atoms with Gasteiger partial charge in [0.25, 0.3) is 5.91 Å². The van der Waals surface area contributed by atoms with Crippen molar-refractivity contribution in [1.29, 1.82) is 0 Å². The van der Waals surface area contributed by atoms with Crippen LogP contribution in [0.5, 0.6) is 0 Å². The summed E-state index contributed by atoms with van der Waals surface area (Å²) >= 11 is 0. The Balaban J connectivity index is 2.31. The van der Waals surface area contributed by atoms with Crippen LogP contribution in [0.1, 0.15) is 41.8 Å². The van der Waals surface area contributed by atoms with Gasteiger partial charge in [-0.15, -0.1) is 0 Å². The number of rotatable bonds is 11. The van der Waals surface area contributed by atoms with Crippen LogP contribution in [0, 0.1) is 0 Å². The summed E-state index contributed by atoms with van der Waals surface area (Å²) in [6, 6.07) is 5.73. The molecule has 9 heteroatoms. The third-order valence-corrected chi connectivity index (χ3v) is 5.58. The van der Waals surface area contributed by atoms with Crippen LogP contribution < -0.4 is 10.6 Å². The zero-order valence-corrected chi connectivity index (χ0v) is 17.7. The van der Waals surface area contributed by atoms with Gasteiger partial charge in [-0.25, -0.2) is 0 Å². The lowest BCUT2D eigenvalue weighted by molar-refractivity contribution is -0.140. The topological polar surface area (TPSA) is 119 Å². The molecule has 30 heavy (non-hydrogen) atoms. The molecule has 1 unspecified atom stereocenters. The summed E-state index contributed by atoms with van der Waals surface area (Å²) in [6.07, 6.45) is 0.796. The minimum absolute atomic E-state index is 0.0828. The van der Waals surface area contributed by atoms with Crippen LogP contribution >= 0.6 is 0 Å². The summed E-state index contributed by atoms with van der Waals surface area (Å²) < 4.78 is 0. The monoisotopic (exact) mass is 418 g/mol. The van der Waals surface area contributed by atoms with E-state index in [2.05, 4.69) is 10.6 Å². The number of amides is 4. The quantitative estimate of drug-likeness (QED) is 0.423. The molecule has 4 amide bonds. The van der Waals surface area contributed by atoms with Crippen LogP contribution in [0.25, 0.3) is 0 Å². The Morgan fingerprint density at radius 3 is 2.63 bits per heavy atom. The summed E-state index contributed by atoms with van der Waals surface area (Å²) in [4.78, 5) is 52.5. The second-order valence-electron chi connectivity index (χ2n) is 7.30. The maximum atomic E-state index is 13.0. The van der Waals surface area contributed by atoms with Crippen molar-refractivity contribution in [3.8, 4) is 0 Å². The number of aryl methyl sites for hydroxylation is 1.